The predicted molar refractivity (Wildman–Crippen MR) is 39.0 cm³/mol. The van der Waals surface area contributed by atoms with Crippen molar-refractivity contribution in [2.24, 2.45) is 0 Å². The lowest BCUT2D eigenvalue weighted by molar-refractivity contribution is 0.0888. The first-order valence-electron chi connectivity index (χ1n) is 2.87. The van der Waals surface area contributed by atoms with Crippen LogP contribution >= 0.6 is 23.2 Å². The second kappa shape index (κ2) is 3.45. The van der Waals surface area contributed by atoms with E-state index in [2.05, 4.69) is 0 Å². The fraction of sp³-hybridized carbons (Fsp3) is 0.667. The lowest BCUT2D eigenvalue weighted by Gasteiger charge is -2.17. The molecule has 1 nitrogen and oxygen atoms in total. The van der Waals surface area contributed by atoms with Gasteiger partial charge >= 0.3 is 0 Å². The Labute approximate surface area is 64.6 Å². The van der Waals surface area contributed by atoms with Gasteiger partial charge in [-0.3, -0.25) is 0 Å². The summed E-state index contributed by atoms with van der Waals surface area (Å²) in [7, 11) is 0. The van der Waals surface area contributed by atoms with E-state index in [0.29, 0.717) is 0 Å². The molecule has 0 radical (unpaired) electrons. The molecule has 0 fully saturated rings. The van der Waals surface area contributed by atoms with Crippen molar-refractivity contribution < 1.29 is 4.74 Å². The molecular weight excluding hydrogens is 159 g/mol. The van der Waals surface area contributed by atoms with Crippen LogP contribution in [0.3, 0.4) is 0 Å². The highest BCUT2D eigenvalue weighted by Crippen LogP contribution is 2.16. The van der Waals surface area contributed by atoms with Crippen molar-refractivity contribution in [1.82, 2.24) is 0 Å². The van der Waals surface area contributed by atoms with Crippen molar-refractivity contribution >= 4 is 23.2 Å². The van der Waals surface area contributed by atoms with Crippen molar-refractivity contribution in [1.29, 1.82) is 0 Å². The first kappa shape index (κ1) is 7.39. The molecule has 1 atom stereocenters. The number of hydrogen-bond acceptors (Lipinski definition) is 1. The molecule has 1 unspecified atom stereocenters. The molecule has 3 heteroatoms. The molecule has 0 aliphatic carbocycles. The van der Waals surface area contributed by atoms with E-state index in [1.807, 2.05) is 12.2 Å². The van der Waals surface area contributed by atoms with Crippen LogP contribution in [0.1, 0.15) is 6.42 Å². The molecule has 0 spiro atoms. The minimum Gasteiger partial charge on any atom is -0.371 e. The molecule has 0 N–H and O–H groups in total. The van der Waals surface area contributed by atoms with E-state index >= 15 is 0 Å². The van der Waals surface area contributed by atoms with E-state index < -0.39 is 4.84 Å². The highest BCUT2D eigenvalue weighted by atomic mass is 35.5. The quantitative estimate of drug-likeness (QED) is 0.429. The maximum atomic E-state index is 5.55. The molecule has 1 aliphatic rings. The summed E-state index contributed by atoms with van der Waals surface area (Å²) in [6.07, 6.45) is 4.80. The number of halogens is 2. The summed E-state index contributed by atoms with van der Waals surface area (Å²) in [4.78, 5) is -0.429. The van der Waals surface area contributed by atoms with Gasteiger partial charge < -0.3 is 4.74 Å². The number of alkyl halides is 2. The minimum absolute atomic E-state index is 0.0953. The number of rotatable bonds is 1. The Balaban J connectivity index is 2.40. The van der Waals surface area contributed by atoms with E-state index in [0.717, 1.165) is 13.0 Å². The zero-order valence-electron chi connectivity index (χ0n) is 4.89. The molecule has 0 saturated heterocycles. The van der Waals surface area contributed by atoms with Crippen LogP contribution in [0.15, 0.2) is 12.2 Å². The molecule has 0 bridgehead atoms. The fourth-order valence-electron chi connectivity index (χ4n) is 0.715. The van der Waals surface area contributed by atoms with Crippen LogP contribution in [0.2, 0.25) is 0 Å². The summed E-state index contributed by atoms with van der Waals surface area (Å²) in [6, 6.07) is 0. The van der Waals surface area contributed by atoms with Gasteiger partial charge in [0.05, 0.1) is 6.61 Å². The summed E-state index contributed by atoms with van der Waals surface area (Å²) in [5.41, 5.74) is 0. The van der Waals surface area contributed by atoms with Crippen LogP contribution < -0.4 is 0 Å². The van der Waals surface area contributed by atoms with Crippen molar-refractivity contribution in [3.8, 4) is 0 Å². The third-order valence-electron chi connectivity index (χ3n) is 1.17. The maximum absolute atomic E-state index is 5.55. The SMILES string of the molecule is ClC(Cl)C1C=CCCO1. The van der Waals surface area contributed by atoms with Gasteiger partial charge in [-0.1, -0.05) is 12.2 Å². The molecule has 1 rings (SSSR count). The summed E-state index contributed by atoms with van der Waals surface area (Å²) < 4.78 is 5.19. The second-order valence-corrected chi connectivity index (χ2v) is 3.05. The number of ether oxygens (including phenoxy) is 1. The largest absolute Gasteiger partial charge is 0.371 e. The van der Waals surface area contributed by atoms with Crippen molar-refractivity contribution in [2.45, 2.75) is 17.4 Å². The summed E-state index contributed by atoms with van der Waals surface area (Å²) in [5.74, 6) is 0. The van der Waals surface area contributed by atoms with Gasteiger partial charge in [-0.05, 0) is 6.42 Å². The van der Waals surface area contributed by atoms with Crippen molar-refractivity contribution in [3.05, 3.63) is 12.2 Å². The molecule has 0 aromatic carbocycles. The summed E-state index contributed by atoms with van der Waals surface area (Å²) >= 11 is 11.1. The molecule has 0 saturated carbocycles. The second-order valence-electron chi connectivity index (χ2n) is 1.89. The van der Waals surface area contributed by atoms with Crippen LogP contribution in [0.5, 0.6) is 0 Å². The van der Waals surface area contributed by atoms with Gasteiger partial charge in [0, 0.05) is 0 Å². The Bertz CT molecular complexity index is 112. The summed E-state index contributed by atoms with van der Waals surface area (Å²) in [6.45, 7) is 0.733. The average Bonchev–Trinajstić information content (AvgIpc) is 1.90. The zero-order valence-corrected chi connectivity index (χ0v) is 6.40. The zero-order chi connectivity index (χ0) is 6.69. The lowest BCUT2D eigenvalue weighted by atomic mass is 10.2. The van der Waals surface area contributed by atoms with Crippen LogP contribution in [0.25, 0.3) is 0 Å². The Morgan fingerprint density at radius 1 is 1.56 bits per heavy atom. The standard InChI is InChI=1S/C6H8Cl2O/c7-6(8)5-3-1-2-4-9-5/h1,3,5-6H,2,4H2. The molecule has 9 heavy (non-hydrogen) atoms. The van der Waals surface area contributed by atoms with E-state index in [1.54, 1.807) is 0 Å². The van der Waals surface area contributed by atoms with Crippen LogP contribution in [0.4, 0.5) is 0 Å². The van der Waals surface area contributed by atoms with Crippen LogP contribution in [-0.2, 0) is 4.74 Å². The van der Waals surface area contributed by atoms with Gasteiger partial charge in [0.25, 0.3) is 0 Å². The first-order valence-corrected chi connectivity index (χ1v) is 3.74. The van der Waals surface area contributed by atoms with E-state index in [9.17, 15) is 0 Å². The third-order valence-corrected chi connectivity index (χ3v) is 1.67. The molecular formula is C6H8Cl2O. The third kappa shape index (κ3) is 2.17. The average molecular weight is 167 g/mol. The molecule has 52 valence electrons. The monoisotopic (exact) mass is 166 g/mol. The van der Waals surface area contributed by atoms with Gasteiger partial charge in [-0.25, -0.2) is 0 Å². The highest BCUT2D eigenvalue weighted by Gasteiger charge is 2.15. The highest BCUT2D eigenvalue weighted by molar-refractivity contribution is 6.44. The maximum Gasteiger partial charge on any atom is 0.137 e. The van der Waals surface area contributed by atoms with E-state index in [4.69, 9.17) is 27.9 Å². The molecule has 1 aliphatic heterocycles. The van der Waals surface area contributed by atoms with Gasteiger partial charge in [-0.15, -0.1) is 23.2 Å². The molecule has 1 heterocycles. The Morgan fingerprint density at radius 2 is 2.33 bits per heavy atom. The topological polar surface area (TPSA) is 9.23 Å². The molecule has 0 aromatic heterocycles. The lowest BCUT2D eigenvalue weighted by Crippen LogP contribution is -2.20. The van der Waals surface area contributed by atoms with Crippen molar-refractivity contribution in [2.75, 3.05) is 6.61 Å². The summed E-state index contributed by atoms with van der Waals surface area (Å²) in [5, 5.41) is 0. The van der Waals surface area contributed by atoms with Crippen molar-refractivity contribution in [3.63, 3.8) is 0 Å². The van der Waals surface area contributed by atoms with Gasteiger partial charge in [-0.2, -0.15) is 0 Å². The van der Waals surface area contributed by atoms with Crippen LogP contribution in [-0.4, -0.2) is 17.5 Å². The molecule has 0 aromatic rings. The van der Waals surface area contributed by atoms with Gasteiger partial charge in [0.1, 0.15) is 10.9 Å². The predicted octanol–water partition coefficient (Wildman–Crippen LogP) is 2.14. The smallest absolute Gasteiger partial charge is 0.137 e. The van der Waals surface area contributed by atoms with Gasteiger partial charge in [0.2, 0.25) is 0 Å². The number of hydrogen-bond donors (Lipinski definition) is 0. The normalized spacial score (nSPS) is 27.2. The molecule has 0 amide bonds. The van der Waals surface area contributed by atoms with E-state index in [-0.39, 0.29) is 6.10 Å². The van der Waals surface area contributed by atoms with Crippen LogP contribution in [0, 0.1) is 0 Å². The van der Waals surface area contributed by atoms with E-state index in [1.165, 1.54) is 0 Å². The van der Waals surface area contributed by atoms with Gasteiger partial charge in [0.15, 0.2) is 0 Å². The first-order chi connectivity index (χ1) is 4.30. The Kier molecular flexibility index (Phi) is 2.83. The minimum atomic E-state index is -0.429. The fourth-order valence-corrected chi connectivity index (χ4v) is 1.03. The Hall–Kier alpha value is 0.280. The Morgan fingerprint density at radius 3 is 2.67 bits per heavy atom.